The van der Waals surface area contributed by atoms with Gasteiger partial charge in [0.05, 0.1) is 33.7 Å². The molecule has 0 saturated carbocycles. The van der Waals surface area contributed by atoms with Gasteiger partial charge in [-0.3, -0.25) is 9.78 Å². The quantitative estimate of drug-likeness (QED) is 0.566. The van der Waals surface area contributed by atoms with Crippen molar-refractivity contribution in [1.82, 2.24) is 25.2 Å². The molecule has 0 unspecified atom stereocenters. The predicted molar refractivity (Wildman–Crippen MR) is 105 cm³/mol. The Bertz CT molecular complexity index is 1110. The van der Waals surface area contributed by atoms with Crippen LogP contribution in [-0.4, -0.2) is 29.5 Å². The molecule has 1 aromatic carbocycles. The lowest BCUT2D eigenvalue weighted by molar-refractivity contribution is 0.0934. The largest absolute Gasteiger partial charge is 0.343 e. The van der Waals surface area contributed by atoms with E-state index >= 15 is 0 Å². The van der Waals surface area contributed by atoms with Crippen LogP contribution in [-0.2, 0) is 16.6 Å². The maximum absolute atomic E-state index is 13.2. The fourth-order valence-corrected chi connectivity index (χ4v) is 4.15. The van der Waals surface area contributed by atoms with Gasteiger partial charge in [0.1, 0.15) is 5.82 Å². The molecule has 0 bridgehead atoms. The summed E-state index contributed by atoms with van der Waals surface area (Å²) in [6.45, 7) is 1.66. The first-order valence-corrected chi connectivity index (χ1v) is 11.0. The Labute approximate surface area is 175 Å². The van der Waals surface area contributed by atoms with Gasteiger partial charge in [-0.05, 0) is 37.3 Å². The zero-order chi connectivity index (χ0) is 21.0. The molecule has 0 aliphatic carbocycles. The van der Waals surface area contributed by atoms with Gasteiger partial charge in [-0.1, -0.05) is 11.6 Å². The average molecular weight is 456 g/mol. The molecule has 0 spiro atoms. The number of hydrogen-bond donors (Lipinski definition) is 2. The third-order valence-corrected chi connectivity index (χ3v) is 6.47. The Balaban J connectivity index is 1.61. The maximum Gasteiger partial charge on any atom is 0.272 e. The summed E-state index contributed by atoms with van der Waals surface area (Å²) in [6.07, 6.45) is 1.67. The molecule has 29 heavy (non-hydrogen) atoms. The van der Waals surface area contributed by atoms with Crippen LogP contribution in [0.15, 0.2) is 46.9 Å². The number of rotatable bonds is 7. The number of hydrogen-bond acceptors (Lipinski definition) is 7. The van der Waals surface area contributed by atoms with Crippen molar-refractivity contribution in [3.8, 4) is 0 Å². The number of halogens is 2. The van der Waals surface area contributed by atoms with E-state index in [1.54, 1.807) is 11.7 Å². The number of nitrogens with zero attached hydrogens (tertiary/aromatic N) is 3. The Morgan fingerprint density at radius 2 is 2.07 bits per heavy atom. The fourth-order valence-electron chi connectivity index (χ4n) is 2.25. The van der Waals surface area contributed by atoms with Crippen molar-refractivity contribution in [2.75, 3.05) is 0 Å². The monoisotopic (exact) mass is 455 g/mol. The first-order chi connectivity index (χ1) is 13.8. The van der Waals surface area contributed by atoms with E-state index < -0.39 is 21.7 Å². The van der Waals surface area contributed by atoms with Crippen molar-refractivity contribution < 1.29 is 17.6 Å². The summed E-state index contributed by atoms with van der Waals surface area (Å²) >= 11 is 7.05. The normalized spacial score (nSPS) is 12.5. The van der Waals surface area contributed by atoms with Crippen LogP contribution >= 0.6 is 22.9 Å². The van der Waals surface area contributed by atoms with E-state index in [0.29, 0.717) is 5.69 Å². The molecule has 0 aliphatic heterocycles. The number of carbonyl (C=O) groups excluding carboxylic acids is 1. The highest BCUT2D eigenvalue weighted by Crippen LogP contribution is 2.19. The molecule has 2 aromatic heterocycles. The van der Waals surface area contributed by atoms with E-state index in [-0.39, 0.29) is 28.2 Å². The van der Waals surface area contributed by atoms with Crippen molar-refractivity contribution in [3.63, 3.8) is 0 Å². The van der Waals surface area contributed by atoms with Crippen molar-refractivity contribution in [3.05, 3.63) is 69.1 Å². The summed E-state index contributed by atoms with van der Waals surface area (Å²) in [4.78, 5) is 16.9. The third kappa shape index (κ3) is 5.32. The first kappa shape index (κ1) is 21.2. The van der Waals surface area contributed by atoms with Crippen LogP contribution in [0.5, 0.6) is 0 Å². The number of carbonyl (C=O) groups is 1. The predicted octanol–water partition coefficient (Wildman–Crippen LogP) is 2.70. The van der Waals surface area contributed by atoms with Crippen molar-refractivity contribution in [1.29, 1.82) is 0 Å². The van der Waals surface area contributed by atoms with Gasteiger partial charge in [0, 0.05) is 11.1 Å². The standard InChI is InChI=1S/C17H15ClFN5O3S2/c1-10(16-8-20-9-28-16)22-17(25)15-5-2-11(23-24-15)7-21-29(26,27)12-3-4-14(19)13(18)6-12/h2-6,8-10,21H,7H2,1H3,(H,22,25)/t10-/m1/s1. The molecule has 0 radical (unpaired) electrons. The van der Waals surface area contributed by atoms with Crippen molar-refractivity contribution in [2.24, 2.45) is 0 Å². The molecule has 8 nitrogen and oxygen atoms in total. The molecule has 2 heterocycles. The lowest BCUT2D eigenvalue weighted by atomic mass is 10.2. The number of nitrogens with one attached hydrogen (secondary N) is 2. The first-order valence-electron chi connectivity index (χ1n) is 8.23. The summed E-state index contributed by atoms with van der Waals surface area (Å²) in [6, 6.07) is 5.79. The smallest absolute Gasteiger partial charge is 0.272 e. The third-order valence-electron chi connectivity index (χ3n) is 3.82. The summed E-state index contributed by atoms with van der Waals surface area (Å²) in [5.74, 6) is -1.12. The molecule has 0 fully saturated rings. The SMILES string of the molecule is C[C@@H](NC(=O)c1ccc(CNS(=O)(=O)c2ccc(F)c(Cl)c2)nn1)c1cncs1. The van der Waals surface area contributed by atoms with E-state index in [9.17, 15) is 17.6 Å². The number of thiazole rings is 1. The highest BCUT2D eigenvalue weighted by molar-refractivity contribution is 7.89. The van der Waals surface area contributed by atoms with Crippen molar-refractivity contribution >= 4 is 38.9 Å². The number of amides is 1. The zero-order valence-electron chi connectivity index (χ0n) is 15.0. The molecule has 0 aliphatic rings. The van der Waals surface area contributed by atoms with Gasteiger partial charge in [-0.2, -0.15) is 5.10 Å². The second-order valence-electron chi connectivity index (χ2n) is 5.91. The highest BCUT2D eigenvalue weighted by atomic mass is 35.5. The molecule has 0 saturated heterocycles. The molecule has 3 rings (SSSR count). The number of sulfonamides is 1. The van der Waals surface area contributed by atoms with Crippen LogP contribution in [0, 0.1) is 5.82 Å². The Kier molecular flexibility index (Phi) is 6.52. The van der Waals surface area contributed by atoms with Gasteiger partial charge in [-0.15, -0.1) is 16.4 Å². The van der Waals surface area contributed by atoms with Crippen LogP contribution in [0.1, 0.15) is 34.0 Å². The average Bonchev–Trinajstić information content (AvgIpc) is 3.24. The van der Waals surface area contributed by atoms with Crippen LogP contribution < -0.4 is 10.0 Å². The van der Waals surface area contributed by atoms with Crippen LogP contribution in [0.2, 0.25) is 5.02 Å². The van der Waals surface area contributed by atoms with Gasteiger partial charge < -0.3 is 5.32 Å². The Hall–Kier alpha value is -2.47. The zero-order valence-corrected chi connectivity index (χ0v) is 17.4. The minimum absolute atomic E-state index is 0.0956. The molecule has 2 N–H and O–H groups in total. The summed E-state index contributed by atoms with van der Waals surface area (Å²) in [5.41, 5.74) is 2.07. The van der Waals surface area contributed by atoms with Crippen molar-refractivity contribution in [2.45, 2.75) is 24.4 Å². The van der Waals surface area contributed by atoms with Gasteiger partial charge in [0.15, 0.2) is 5.69 Å². The summed E-state index contributed by atoms with van der Waals surface area (Å²) < 4.78 is 40.1. The van der Waals surface area contributed by atoms with E-state index in [1.165, 1.54) is 23.5 Å². The Morgan fingerprint density at radius 3 is 2.69 bits per heavy atom. The molecule has 12 heteroatoms. The molecule has 3 aromatic rings. The highest BCUT2D eigenvalue weighted by Gasteiger charge is 2.17. The molecule has 1 atom stereocenters. The Morgan fingerprint density at radius 1 is 1.28 bits per heavy atom. The summed E-state index contributed by atoms with van der Waals surface area (Å²) in [5, 5.41) is 10.2. The molecular formula is C17H15ClFN5O3S2. The van der Waals surface area contributed by atoms with Crippen LogP contribution in [0.3, 0.4) is 0 Å². The fraction of sp³-hybridized carbons (Fsp3) is 0.176. The molecule has 152 valence electrons. The number of aromatic nitrogens is 3. The lowest BCUT2D eigenvalue weighted by Gasteiger charge is -2.11. The lowest BCUT2D eigenvalue weighted by Crippen LogP contribution is -2.28. The second kappa shape index (κ2) is 8.91. The molecular weight excluding hydrogens is 441 g/mol. The summed E-state index contributed by atoms with van der Waals surface area (Å²) in [7, 11) is -3.92. The van der Waals surface area contributed by atoms with Gasteiger partial charge >= 0.3 is 0 Å². The maximum atomic E-state index is 13.2. The molecule has 1 amide bonds. The van der Waals surface area contributed by atoms with Crippen LogP contribution in [0.25, 0.3) is 0 Å². The second-order valence-corrected chi connectivity index (χ2v) is 9.00. The van der Waals surface area contributed by atoms with Crippen LogP contribution in [0.4, 0.5) is 4.39 Å². The topological polar surface area (TPSA) is 114 Å². The van der Waals surface area contributed by atoms with E-state index in [0.717, 1.165) is 23.1 Å². The van der Waals surface area contributed by atoms with Gasteiger partial charge in [0.2, 0.25) is 10.0 Å². The minimum Gasteiger partial charge on any atom is -0.343 e. The van der Waals surface area contributed by atoms with E-state index in [4.69, 9.17) is 11.6 Å². The number of benzene rings is 1. The van der Waals surface area contributed by atoms with Gasteiger partial charge in [-0.25, -0.2) is 17.5 Å². The van der Waals surface area contributed by atoms with E-state index in [1.807, 2.05) is 6.92 Å². The van der Waals surface area contributed by atoms with Gasteiger partial charge in [0.25, 0.3) is 5.91 Å². The van der Waals surface area contributed by atoms with E-state index in [2.05, 4.69) is 25.2 Å². The minimum atomic E-state index is -3.92.